The van der Waals surface area contributed by atoms with E-state index in [2.05, 4.69) is 23.6 Å². The molecule has 2 atom stereocenters. The minimum atomic E-state index is -1.02. The third kappa shape index (κ3) is 7.90. The molecule has 0 aliphatic heterocycles. The smallest absolute Gasteiger partial charge is 0.224 e. The molecule has 2 aromatic carbocycles. The fourth-order valence-electron chi connectivity index (χ4n) is 3.78. The molecule has 0 spiro atoms. The first-order chi connectivity index (χ1) is 16.3. The number of aliphatic hydroxyl groups is 1. The van der Waals surface area contributed by atoms with Crippen molar-refractivity contribution in [3.63, 3.8) is 0 Å². The van der Waals surface area contributed by atoms with Crippen LogP contribution in [-0.4, -0.2) is 29.7 Å². The van der Waals surface area contributed by atoms with Gasteiger partial charge in [-0.1, -0.05) is 31.2 Å². The van der Waals surface area contributed by atoms with Crippen molar-refractivity contribution in [1.82, 2.24) is 10.6 Å². The molecule has 0 saturated carbocycles. The number of pyridine rings is 1. The normalized spacial score (nSPS) is 12.8. The van der Waals surface area contributed by atoms with Gasteiger partial charge in [-0.15, -0.1) is 0 Å². The summed E-state index contributed by atoms with van der Waals surface area (Å²) in [6.07, 6.45) is 2.46. The van der Waals surface area contributed by atoms with Crippen molar-refractivity contribution in [3.8, 4) is 0 Å². The van der Waals surface area contributed by atoms with Crippen LogP contribution in [-0.2, 0) is 30.6 Å². The number of aryl methyl sites for hydroxylation is 1. The Hall–Kier alpha value is -3.36. The predicted octanol–water partition coefficient (Wildman–Crippen LogP) is 2.58. The van der Waals surface area contributed by atoms with Crippen molar-refractivity contribution in [1.29, 1.82) is 0 Å². The minimum Gasteiger partial charge on any atom is -0.619 e. The lowest BCUT2D eigenvalue weighted by Gasteiger charge is -2.25. The molecular formula is C26H29F2N3O3. The molecule has 0 bridgehead atoms. The van der Waals surface area contributed by atoms with Gasteiger partial charge in [-0.25, -0.2) is 8.78 Å². The summed E-state index contributed by atoms with van der Waals surface area (Å²) in [4.78, 5) is 12.6. The lowest BCUT2D eigenvalue weighted by molar-refractivity contribution is -0.605. The van der Waals surface area contributed by atoms with Gasteiger partial charge in [0, 0.05) is 30.8 Å². The molecule has 8 heteroatoms. The number of carbonyl (C=O) groups is 1. The van der Waals surface area contributed by atoms with Crippen molar-refractivity contribution >= 4 is 5.91 Å². The van der Waals surface area contributed by atoms with Crippen LogP contribution in [0.5, 0.6) is 0 Å². The highest BCUT2D eigenvalue weighted by atomic mass is 19.1. The van der Waals surface area contributed by atoms with E-state index in [0.29, 0.717) is 22.4 Å². The van der Waals surface area contributed by atoms with Crippen LogP contribution in [0, 0.1) is 16.8 Å². The molecule has 1 aromatic heterocycles. The maximum absolute atomic E-state index is 13.7. The van der Waals surface area contributed by atoms with Crippen molar-refractivity contribution < 1.29 is 23.4 Å². The summed E-state index contributed by atoms with van der Waals surface area (Å²) < 4.78 is 28.0. The third-order valence-corrected chi connectivity index (χ3v) is 5.47. The van der Waals surface area contributed by atoms with Crippen LogP contribution in [0.3, 0.4) is 0 Å². The maximum Gasteiger partial charge on any atom is 0.224 e. The average molecular weight is 470 g/mol. The number of amides is 1. The molecule has 3 N–H and O–H groups in total. The number of rotatable bonds is 11. The average Bonchev–Trinajstić information content (AvgIpc) is 2.78. The van der Waals surface area contributed by atoms with Gasteiger partial charge < -0.3 is 20.9 Å². The molecule has 1 heterocycles. The second-order valence-corrected chi connectivity index (χ2v) is 8.28. The summed E-state index contributed by atoms with van der Waals surface area (Å²) in [6.45, 7) is 2.75. The van der Waals surface area contributed by atoms with Crippen LogP contribution in [0.2, 0.25) is 0 Å². The fraction of sp³-hybridized carbons (Fsp3) is 0.308. The monoisotopic (exact) mass is 469 g/mol. The zero-order valence-electron chi connectivity index (χ0n) is 19.0. The number of nitrogens with zero attached hydrogens (tertiary/aromatic N) is 1. The number of hydrogen-bond donors (Lipinski definition) is 3. The van der Waals surface area contributed by atoms with E-state index >= 15 is 0 Å². The second-order valence-electron chi connectivity index (χ2n) is 8.28. The van der Waals surface area contributed by atoms with Crippen LogP contribution in [0.25, 0.3) is 0 Å². The van der Waals surface area contributed by atoms with Gasteiger partial charge in [-0.2, -0.15) is 4.73 Å². The minimum absolute atomic E-state index is 0.0327. The van der Waals surface area contributed by atoms with E-state index < -0.39 is 29.7 Å². The third-order valence-electron chi connectivity index (χ3n) is 5.47. The zero-order valence-corrected chi connectivity index (χ0v) is 19.0. The molecular weight excluding hydrogens is 440 g/mol. The largest absolute Gasteiger partial charge is 0.619 e. The summed E-state index contributed by atoms with van der Waals surface area (Å²) in [5, 5.41) is 28.2. The van der Waals surface area contributed by atoms with Crippen molar-refractivity contribution in [2.24, 2.45) is 0 Å². The SMILES string of the molecule is CCc1cccc(CNCC(O)C(Cc2cc(F)cc(F)c2)NC(=O)Cc2ccc[n+]([O-])c2)c1. The van der Waals surface area contributed by atoms with Gasteiger partial charge in [0.2, 0.25) is 5.91 Å². The summed E-state index contributed by atoms with van der Waals surface area (Å²) in [5.74, 6) is -1.87. The van der Waals surface area contributed by atoms with Gasteiger partial charge in [-0.3, -0.25) is 4.79 Å². The highest BCUT2D eigenvalue weighted by Gasteiger charge is 2.23. The first-order valence-corrected chi connectivity index (χ1v) is 11.2. The molecule has 0 fully saturated rings. The molecule has 34 heavy (non-hydrogen) atoms. The maximum atomic E-state index is 13.7. The lowest BCUT2D eigenvalue weighted by Crippen LogP contribution is -2.49. The van der Waals surface area contributed by atoms with E-state index in [1.165, 1.54) is 36.2 Å². The van der Waals surface area contributed by atoms with Gasteiger partial charge in [0.05, 0.1) is 18.6 Å². The second kappa shape index (κ2) is 12.2. The van der Waals surface area contributed by atoms with Crippen LogP contribution in [0.4, 0.5) is 8.78 Å². The quantitative estimate of drug-likeness (QED) is 0.298. The summed E-state index contributed by atoms with van der Waals surface area (Å²) in [5.41, 5.74) is 3.09. The molecule has 3 rings (SSSR count). The van der Waals surface area contributed by atoms with Crippen LogP contribution >= 0.6 is 0 Å². The van der Waals surface area contributed by atoms with Gasteiger partial charge in [-0.05, 0) is 47.7 Å². The van der Waals surface area contributed by atoms with Crippen molar-refractivity contribution in [2.75, 3.05) is 6.54 Å². The van der Waals surface area contributed by atoms with Crippen molar-refractivity contribution in [2.45, 2.75) is 44.9 Å². The Morgan fingerprint density at radius 1 is 1.03 bits per heavy atom. The standard InChI is InChI=1S/C26H29F2N3O3/c1-2-18-5-3-6-19(9-18)15-29-16-25(32)24(12-21-10-22(27)14-23(28)11-21)30-26(33)13-20-7-4-8-31(34)17-20/h3-11,14,17,24-25,29,32H,2,12-13,15-16H2,1H3,(H,30,33). The number of hydrogen-bond acceptors (Lipinski definition) is 4. The summed E-state index contributed by atoms with van der Waals surface area (Å²) in [6, 6.07) is 13.6. The van der Waals surface area contributed by atoms with E-state index in [4.69, 9.17) is 0 Å². The van der Waals surface area contributed by atoms with Crippen LogP contribution in [0.1, 0.15) is 29.2 Å². The Labute approximate surface area is 197 Å². The highest BCUT2D eigenvalue weighted by Crippen LogP contribution is 2.13. The molecule has 0 aliphatic carbocycles. The van der Waals surface area contributed by atoms with Gasteiger partial charge in [0.15, 0.2) is 12.4 Å². The molecule has 2 unspecified atom stereocenters. The van der Waals surface area contributed by atoms with E-state index in [-0.39, 0.29) is 19.4 Å². The van der Waals surface area contributed by atoms with E-state index in [9.17, 15) is 23.9 Å². The molecule has 3 aromatic rings. The molecule has 0 saturated heterocycles. The van der Waals surface area contributed by atoms with E-state index in [1.54, 1.807) is 6.07 Å². The Balaban J connectivity index is 1.66. The highest BCUT2D eigenvalue weighted by molar-refractivity contribution is 5.78. The molecule has 0 radical (unpaired) electrons. The number of benzene rings is 2. The fourth-order valence-corrected chi connectivity index (χ4v) is 3.78. The number of aromatic nitrogens is 1. The molecule has 180 valence electrons. The van der Waals surface area contributed by atoms with Gasteiger partial charge >= 0.3 is 0 Å². The first-order valence-electron chi connectivity index (χ1n) is 11.2. The lowest BCUT2D eigenvalue weighted by atomic mass is 10.00. The number of aliphatic hydroxyl groups excluding tert-OH is 1. The number of carbonyl (C=O) groups excluding carboxylic acids is 1. The number of halogens is 2. The van der Waals surface area contributed by atoms with Gasteiger partial charge in [0.25, 0.3) is 0 Å². The first kappa shape index (κ1) is 25.3. The zero-order chi connectivity index (χ0) is 24.5. The molecule has 1 amide bonds. The summed E-state index contributed by atoms with van der Waals surface area (Å²) in [7, 11) is 0. The topological polar surface area (TPSA) is 88.3 Å². The van der Waals surface area contributed by atoms with E-state index in [0.717, 1.165) is 18.1 Å². The molecule has 0 aliphatic rings. The Bertz CT molecular complexity index is 1090. The van der Waals surface area contributed by atoms with Crippen molar-refractivity contribution in [3.05, 3.63) is 106 Å². The number of nitrogens with one attached hydrogen (secondary N) is 2. The predicted molar refractivity (Wildman–Crippen MR) is 125 cm³/mol. The molecule has 6 nitrogen and oxygen atoms in total. The van der Waals surface area contributed by atoms with Crippen LogP contribution < -0.4 is 15.4 Å². The Kier molecular flexibility index (Phi) is 9.07. The Morgan fingerprint density at radius 3 is 2.44 bits per heavy atom. The van der Waals surface area contributed by atoms with Crippen LogP contribution in [0.15, 0.2) is 67.0 Å². The van der Waals surface area contributed by atoms with Gasteiger partial charge in [0.1, 0.15) is 11.6 Å². The summed E-state index contributed by atoms with van der Waals surface area (Å²) >= 11 is 0. The Morgan fingerprint density at radius 2 is 1.74 bits per heavy atom. The van der Waals surface area contributed by atoms with E-state index in [1.807, 2.05) is 18.2 Å².